The number of benzene rings is 1. The minimum atomic E-state index is -0.675. The molecule has 0 aliphatic heterocycles. The Balaban J connectivity index is 1.93. The Bertz CT molecular complexity index is 764. The summed E-state index contributed by atoms with van der Waals surface area (Å²) >= 11 is 0. The maximum Gasteiger partial charge on any atom is 0.313 e. The summed E-state index contributed by atoms with van der Waals surface area (Å²) in [6.45, 7) is 8.08. The highest BCUT2D eigenvalue weighted by Gasteiger charge is 2.19. The quantitative estimate of drug-likeness (QED) is 0.845. The molecule has 1 unspecified atom stereocenters. The zero-order chi connectivity index (χ0) is 17.9. The molecule has 0 bridgehead atoms. The second-order valence-electron chi connectivity index (χ2n) is 6.15. The fraction of sp³-hybridized carbons (Fsp3) is 0.389. The summed E-state index contributed by atoms with van der Waals surface area (Å²) in [5.41, 5.74) is 4.39. The number of nitrogens with one attached hydrogen (secondary N) is 2. The van der Waals surface area contributed by atoms with E-state index < -0.39 is 11.8 Å². The average molecular weight is 328 g/mol. The molecule has 128 valence electrons. The number of hydrogen-bond donors (Lipinski definition) is 2. The van der Waals surface area contributed by atoms with E-state index in [4.69, 9.17) is 0 Å². The van der Waals surface area contributed by atoms with Gasteiger partial charge in [0.15, 0.2) is 0 Å². The minimum absolute atomic E-state index is 0.128. The predicted molar refractivity (Wildman–Crippen MR) is 93.9 cm³/mol. The molecule has 0 saturated carbocycles. The van der Waals surface area contributed by atoms with Gasteiger partial charge in [0.1, 0.15) is 0 Å². The third-order valence-electron chi connectivity index (χ3n) is 4.13. The molecular formula is C18H24N4O2. The Morgan fingerprint density at radius 2 is 1.92 bits per heavy atom. The molecule has 1 atom stereocenters. The second kappa shape index (κ2) is 7.29. The van der Waals surface area contributed by atoms with E-state index in [1.165, 1.54) is 5.56 Å². The Kier molecular flexibility index (Phi) is 5.39. The van der Waals surface area contributed by atoms with E-state index in [9.17, 15) is 9.59 Å². The number of anilines is 1. The molecule has 6 heteroatoms. The van der Waals surface area contributed by atoms with Crippen molar-refractivity contribution in [1.29, 1.82) is 0 Å². The van der Waals surface area contributed by atoms with Gasteiger partial charge in [-0.05, 0) is 32.3 Å². The van der Waals surface area contributed by atoms with Crippen molar-refractivity contribution in [3.05, 3.63) is 46.8 Å². The molecule has 1 aromatic heterocycles. The molecule has 0 aliphatic rings. The van der Waals surface area contributed by atoms with Gasteiger partial charge >= 0.3 is 11.8 Å². The van der Waals surface area contributed by atoms with Crippen LogP contribution in [0.15, 0.2) is 24.3 Å². The highest BCUT2D eigenvalue weighted by molar-refractivity contribution is 6.39. The van der Waals surface area contributed by atoms with Gasteiger partial charge < -0.3 is 10.6 Å². The summed E-state index contributed by atoms with van der Waals surface area (Å²) < 4.78 is 1.67. The molecule has 2 aromatic rings. The molecule has 2 N–H and O–H groups in total. The Morgan fingerprint density at radius 3 is 2.50 bits per heavy atom. The molecule has 2 rings (SSSR count). The fourth-order valence-corrected chi connectivity index (χ4v) is 2.55. The van der Waals surface area contributed by atoms with E-state index in [2.05, 4.69) is 21.8 Å². The van der Waals surface area contributed by atoms with Gasteiger partial charge in [-0.3, -0.25) is 14.3 Å². The van der Waals surface area contributed by atoms with Crippen LogP contribution < -0.4 is 10.6 Å². The van der Waals surface area contributed by atoms with Crippen molar-refractivity contribution in [1.82, 2.24) is 15.1 Å². The summed E-state index contributed by atoms with van der Waals surface area (Å²) in [6, 6.07) is 8.12. The standard InChI is InChI=1S/C18H24N4O2/c1-11-7-6-8-15(9-11)12(2)10-19-17(23)18(24)20-16-13(3)21-22(5)14(16)4/h6-9,12H,10H2,1-5H3,(H,19,23)(H,20,24). The van der Waals surface area contributed by atoms with Crippen LogP contribution in [0.25, 0.3) is 0 Å². The lowest BCUT2D eigenvalue weighted by atomic mass is 9.99. The number of amides is 2. The molecule has 0 aliphatic carbocycles. The molecule has 0 radical (unpaired) electrons. The topological polar surface area (TPSA) is 76.0 Å². The number of aryl methyl sites for hydroxylation is 3. The Labute approximate surface area is 142 Å². The van der Waals surface area contributed by atoms with Gasteiger partial charge in [-0.25, -0.2) is 0 Å². The molecule has 0 fully saturated rings. The van der Waals surface area contributed by atoms with Crippen LogP contribution in [0.3, 0.4) is 0 Å². The van der Waals surface area contributed by atoms with E-state index in [0.29, 0.717) is 17.9 Å². The lowest BCUT2D eigenvalue weighted by Crippen LogP contribution is -2.37. The number of carbonyl (C=O) groups is 2. The molecular weight excluding hydrogens is 304 g/mol. The van der Waals surface area contributed by atoms with Crippen molar-refractivity contribution in [2.24, 2.45) is 7.05 Å². The van der Waals surface area contributed by atoms with E-state index in [1.807, 2.05) is 39.0 Å². The van der Waals surface area contributed by atoms with Crippen LogP contribution in [0.2, 0.25) is 0 Å². The van der Waals surface area contributed by atoms with Crippen molar-refractivity contribution in [3.8, 4) is 0 Å². The van der Waals surface area contributed by atoms with Crippen molar-refractivity contribution in [2.45, 2.75) is 33.6 Å². The van der Waals surface area contributed by atoms with Gasteiger partial charge in [0.05, 0.1) is 17.1 Å². The minimum Gasteiger partial charge on any atom is -0.347 e. The summed E-state index contributed by atoms with van der Waals surface area (Å²) in [6.07, 6.45) is 0. The van der Waals surface area contributed by atoms with Crippen molar-refractivity contribution >= 4 is 17.5 Å². The maximum absolute atomic E-state index is 12.1. The first kappa shape index (κ1) is 17.7. The summed E-state index contributed by atoms with van der Waals surface area (Å²) in [5.74, 6) is -1.19. The lowest BCUT2D eigenvalue weighted by Gasteiger charge is -2.13. The molecule has 1 heterocycles. The first-order valence-corrected chi connectivity index (χ1v) is 7.95. The van der Waals surface area contributed by atoms with Gasteiger partial charge in [0.2, 0.25) is 0 Å². The van der Waals surface area contributed by atoms with E-state index >= 15 is 0 Å². The summed E-state index contributed by atoms with van der Waals surface area (Å²) in [4.78, 5) is 24.1. The fourth-order valence-electron chi connectivity index (χ4n) is 2.55. The number of hydrogen-bond acceptors (Lipinski definition) is 3. The predicted octanol–water partition coefficient (Wildman–Crippen LogP) is 2.20. The van der Waals surface area contributed by atoms with Gasteiger partial charge in [-0.1, -0.05) is 36.8 Å². The highest BCUT2D eigenvalue weighted by Crippen LogP contribution is 2.18. The largest absolute Gasteiger partial charge is 0.347 e. The van der Waals surface area contributed by atoms with Crippen molar-refractivity contribution in [3.63, 3.8) is 0 Å². The van der Waals surface area contributed by atoms with Crippen LogP contribution >= 0.6 is 0 Å². The number of aromatic nitrogens is 2. The molecule has 0 saturated heterocycles. The normalized spacial score (nSPS) is 11.9. The number of carbonyl (C=O) groups excluding carboxylic acids is 2. The van der Waals surface area contributed by atoms with Gasteiger partial charge in [0.25, 0.3) is 0 Å². The lowest BCUT2D eigenvalue weighted by molar-refractivity contribution is -0.136. The molecule has 6 nitrogen and oxygen atoms in total. The maximum atomic E-state index is 12.1. The van der Waals surface area contributed by atoms with Gasteiger partial charge in [0, 0.05) is 13.6 Å². The summed E-state index contributed by atoms with van der Waals surface area (Å²) in [7, 11) is 1.79. The van der Waals surface area contributed by atoms with Crippen LogP contribution in [0.1, 0.15) is 35.4 Å². The molecule has 24 heavy (non-hydrogen) atoms. The van der Waals surface area contributed by atoms with Crippen LogP contribution in [0.5, 0.6) is 0 Å². The summed E-state index contributed by atoms with van der Waals surface area (Å²) in [5, 5.41) is 9.54. The zero-order valence-electron chi connectivity index (χ0n) is 14.8. The van der Waals surface area contributed by atoms with E-state index in [1.54, 1.807) is 18.7 Å². The smallest absolute Gasteiger partial charge is 0.313 e. The van der Waals surface area contributed by atoms with Crippen LogP contribution in [0, 0.1) is 20.8 Å². The highest BCUT2D eigenvalue weighted by atomic mass is 16.2. The van der Waals surface area contributed by atoms with Crippen molar-refractivity contribution < 1.29 is 9.59 Å². The SMILES string of the molecule is Cc1cccc(C(C)CNC(=O)C(=O)Nc2c(C)nn(C)c2C)c1. The Hall–Kier alpha value is -2.63. The second-order valence-corrected chi connectivity index (χ2v) is 6.15. The first-order chi connectivity index (χ1) is 11.3. The van der Waals surface area contributed by atoms with E-state index in [0.717, 1.165) is 11.3 Å². The zero-order valence-corrected chi connectivity index (χ0v) is 14.8. The average Bonchev–Trinajstić information content (AvgIpc) is 2.78. The molecule has 0 spiro atoms. The third kappa shape index (κ3) is 4.01. The number of rotatable bonds is 4. The van der Waals surface area contributed by atoms with E-state index in [-0.39, 0.29) is 5.92 Å². The van der Waals surface area contributed by atoms with Crippen LogP contribution in [-0.4, -0.2) is 28.1 Å². The first-order valence-electron chi connectivity index (χ1n) is 7.95. The van der Waals surface area contributed by atoms with Crippen LogP contribution in [0.4, 0.5) is 5.69 Å². The van der Waals surface area contributed by atoms with Gasteiger partial charge in [-0.2, -0.15) is 5.10 Å². The number of nitrogens with zero attached hydrogens (tertiary/aromatic N) is 2. The molecule has 1 aromatic carbocycles. The third-order valence-corrected chi connectivity index (χ3v) is 4.13. The van der Waals surface area contributed by atoms with Gasteiger partial charge in [-0.15, -0.1) is 0 Å². The molecule has 2 amide bonds. The van der Waals surface area contributed by atoms with Crippen molar-refractivity contribution in [2.75, 3.05) is 11.9 Å². The monoisotopic (exact) mass is 328 g/mol. The Morgan fingerprint density at radius 1 is 1.21 bits per heavy atom. The van der Waals surface area contributed by atoms with Crippen LogP contribution in [-0.2, 0) is 16.6 Å².